The van der Waals surface area contributed by atoms with Crippen LogP contribution in [0.4, 0.5) is 0 Å². The van der Waals surface area contributed by atoms with Crippen LogP contribution in [-0.4, -0.2) is 25.3 Å². The van der Waals surface area contributed by atoms with Crippen molar-refractivity contribution < 1.29 is 14.3 Å². The number of carbonyl (C=O) groups excluding carboxylic acids is 1. The predicted molar refractivity (Wildman–Crippen MR) is 90.0 cm³/mol. The van der Waals surface area contributed by atoms with Crippen molar-refractivity contribution in [2.75, 3.05) is 13.2 Å². The molecule has 1 N–H and O–H groups in total. The first-order valence-corrected chi connectivity index (χ1v) is 7.42. The Hall–Kier alpha value is -2.82. The molecular weight excluding hydrogens is 292 g/mol. The molecule has 5 nitrogen and oxygen atoms in total. The van der Waals surface area contributed by atoms with Crippen molar-refractivity contribution in [1.29, 1.82) is 0 Å². The number of nitrogens with one attached hydrogen (secondary N) is 1. The van der Waals surface area contributed by atoms with Crippen LogP contribution in [0.2, 0.25) is 0 Å². The van der Waals surface area contributed by atoms with E-state index in [0.29, 0.717) is 12.4 Å². The molecular formula is C18H20N2O3. The molecule has 120 valence electrons. The fraction of sp³-hybridized carbons (Fsp3) is 0.222. The molecule has 0 aliphatic rings. The highest BCUT2D eigenvalue weighted by Gasteiger charge is 2.03. The van der Waals surface area contributed by atoms with Crippen molar-refractivity contribution in [2.45, 2.75) is 13.8 Å². The number of benzene rings is 2. The van der Waals surface area contributed by atoms with Crippen LogP contribution in [0.5, 0.6) is 11.5 Å². The molecule has 2 aromatic carbocycles. The predicted octanol–water partition coefficient (Wildman–Crippen LogP) is 2.92. The minimum Gasteiger partial charge on any atom is -0.494 e. The number of carbonyl (C=O) groups is 1. The normalized spacial score (nSPS) is 10.5. The van der Waals surface area contributed by atoms with Crippen LogP contribution in [0.25, 0.3) is 0 Å². The Labute approximate surface area is 135 Å². The summed E-state index contributed by atoms with van der Waals surface area (Å²) in [7, 11) is 0. The van der Waals surface area contributed by atoms with Crippen LogP contribution < -0.4 is 14.9 Å². The summed E-state index contributed by atoms with van der Waals surface area (Å²) >= 11 is 0. The molecule has 0 heterocycles. The van der Waals surface area contributed by atoms with Gasteiger partial charge in [-0.2, -0.15) is 5.10 Å². The van der Waals surface area contributed by atoms with Gasteiger partial charge in [0, 0.05) is 0 Å². The maximum atomic E-state index is 11.7. The summed E-state index contributed by atoms with van der Waals surface area (Å²) < 4.78 is 10.8. The third-order valence-corrected chi connectivity index (χ3v) is 3.05. The molecule has 2 aromatic rings. The summed E-state index contributed by atoms with van der Waals surface area (Å²) in [5.41, 5.74) is 4.29. The van der Waals surface area contributed by atoms with Gasteiger partial charge in [0.1, 0.15) is 11.5 Å². The molecule has 0 fully saturated rings. The van der Waals surface area contributed by atoms with E-state index in [2.05, 4.69) is 10.5 Å². The number of para-hydroxylation sites is 1. The van der Waals surface area contributed by atoms with Crippen LogP contribution in [0.1, 0.15) is 18.1 Å². The summed E-state index contributed by atoms with van der Waals surface area (Å²) in [5, 5.41) is 3.91. The van der Waals surface area contributed by atoms with Crippen LogP contribution in [0, 0.1) is 6.92 Å². The zero-order valence-electron chi connectivity index (χ0n) is 13.3. The molecule has 1 amide bonds. The highest BCUT2D eigenvalue weighted by atomic mass is 16.5. The molecule has 0 radical (unpaired) electrons. The Morgan fingerprint density at radius 3 is 2.57 bits per heavy atom. The number of rotatable bonds is 7. The van der Waals surface area contributed by atoms with Gasteiger partial charge in [-0.1, -0.05) is 18.2 Å². The van der Waals surface area contributed by atoms with Crippen LogP contribution in [-0.2, 0) is 4.79 Å². The Morgan fingerprint density at radius 2 is 1.87 bits per heavy atom. The van der Waals surface area contributed by atoms with Gasteiger partial charge in [0.25, 0.3) is 5.91 Å². The molecule has 0 aliphatic carbocycles. The number of hydrogen-bond acceptors (Lipinski definition) is 4. The van der Waals surface area contributed by atoms with E-state index in [1.54, 1.807) is 6.21 Å². The molecule has 23 heavy (non-hydrogen) atoms. The quantitative estimate of drug-likeness (QED) is 0.631. The van der Waals surface area contributed by atoms with Crippen molar-refractivity contribution >= 4 is 12.1 Å². The molecule has 0 unspecified atom stereocenters. The van der Waals surface area contributed by atoms with Crippen LogP contribution >= 0.6 is 0 Å². The zero-order valence-corrected chi connectivity index (χ0v) is 13.3. The van der Waals surface area contributed by atoms with Crippen molar-refractivity contribution in [3.8, 4) is 11.5 Å². The van der Waals surface area contributed by atoms with Gasteiger partial charge in [-0.05, 0) is 55.3 Å². The first-order valence-electron chi connectivity index (χ1n) is 7.42. The number of ether oxygens (including phenoxy) is 2. The molecule has 2 rings (SSSR count). The van der Waals surface area contributed by atoms with E-state index in [0.717, 1.165) is 16.9 Å². The fourth-order valence-electron chi connectivity index (χ4n) is 1.89. The first-order chi connectivity index (χ1) is 11.2. The first kappa shape index (κ1) is 16.5. The van der Waals surface area contributed by atoms with Crippen molar-refractivity contribution in [3.63, 3.8) is 0 Å². The molecule has 0 saturated heterocycles. The van der Waals surface area contributed by atoms with E-state index in [-0.39, 0.29) is 12.5 Å². The summed E-state index contributed by atoms with van der Waals surface area (Å²) in [5.74, 6) is 1.19. The Kier molecular flexibility index (Phi) is 6.17. The van der Waals surface area contributed by atoms with Gasteiger partial charge in [-0.25, -0.2) is 5.43 Å². The average molecular weight is 312 g/mol. The van der Waals surface area contributed by atoms with Crippen molar-refractivity contribution in [1.82, 2.24) is 5.43 Å². The summed E-state index contributed by atoms with van der Waals surface area (Å²) in [6, 6.07) is 15.0. The fourth-order valence-corrected chi connectivity index (χ4v) is 1.89. The maximum Gasteiger partial charge on any atom is 0.277 e. The lowest BCUT2D eigenvalue weighted by atomic mass is 10.2. The smallest absolute Gasteiger partial charge is 0.277 e. The van der Waals surface area contributed by atoms with E-state index in [4.69, 9.17) is 9.47 Å². The highest BCUT2D eigenvalue weighted by molar-refractivity contribution is 5.83. The van der Waals surface area contributed by atoms with Crippen molar-refractivity contribution in [2.24, 2.45) is 5.10 Å². The van der Waals surface area contributed by atoms with E-state index in [9.17, 15) is 4.79 Å². The minimum atomic E-state index is -0.310. The van der Waals surface area contributed by atoms with Crippen molar-refractivity contribution in [3.05, 3.63) is 59.7 Å². The molecule has 0 spiro atoms. The topological polar surface area (TPSA) is 59.9 Å². The number of nitrogens with zero attached hydrogens (tertiary/aromatic N) is 1. The zero-order chi connectivity index (χ0) is 16.5. The molecule has 5 heteroatoms. The van der Waals surface area contributed by atoms with Crippen LogP contribution in [0.3, 0.4) is 0 Å². The van der Waals surface area contributed by atoms with Crippen LogP contribution in [0.15, 0.2) is 53.6 Å². The standard InChI is InChI=1S/C18H20N2O3/c1-3-22-16-10-8-15(9-11-16)12-19-20-18(21)13-23-17-7-5-4-6-14(17)2/h4-12H,3,13H2,1-2H3,(H,20,21)/b19-12-. The van der Waals surface area contributed by atoms with Gasteiger partial charge in [0.15, 0.2) is 6.61 Å². The SMILES string of the molecule is CCOc1ccc(/C=N\NC(=O)COc2ccccc2C)cc1. The lowest BCUT2D eigenvalue weighted by Crippen LogP contribution is -2.24. The summed E-state index contributed by atoms with van der Waals surface area (Å²) in [4.78, 5) is 11.7. The second kappa shape index (κ2) is 8.58. The lowest BCUT2D eigenvalue weighted by molar-refractivity contribution is -0.123. The second-order valence-electron chi connectivity index (χ2n) is 4.85. The molecule has 0 saturated carbocycles. The van der Waals surface area contributed by atoms with Gasteiger partial charge in [0.05, 0.1) is 12.8 Å². The van der Waals surface area contributed by atoms with E-state index in [1.165, 1.54) is 0 Å². The summed E-state index contributed by atoms with van der Waals surface area (Å²) in [6.07, 6.45) is 1.57. The average Bonchev–Trinajstić information content (AvgIpc) is 2.56. The van der Waals surface area contributed by atoms with Gasteiger partial charge in [-0.15, -0.1) is 0 Å². The number of amides is 1. The van der Waals surface area contributed by atoms with E-state index in [1.807, 2.05) is 62.4 Å². The Balaban J connectivity index is 1.78. The third kappa shape index (κ3) is 5.47. The Bertz CT molecular complexity index is 666. The number of aryl methyl sites for hydroxylation is 1. The van der Waals surface area contributed by atoms with Gasteiger partial charge in [-0.3, -0.25) is 4.79 Å². The highest BCUT2D eigenvalue weighted by Crippen LogP contribution is 2.15. The molecule has 0 aliphatic heterocycles. The number of hydrogen-bond donors (Lipinski definition) is 1. The largest absolute Gasteiger partial charge is 0.494 e. The third-order valence-electron chi connectivity index (χ3n) is 3.05. The van der Waals surface area contributed by atoms with Gasteiger partial charge < -0.3 is 9.47 Å². The number of hydrazone groups is 1. The monoisotopic (exact) mass is 312 g/mol. The lowest BCUT2D eigenvalue weighted by Gasteiger charge is -2.07. The Morgan fingerprint density at radius 1 is 1.13 bits per heavy atom. The minimum absolute atomic E-state index is 0.0779. The summed E-state index contributed by atoms with van der Waals surface area (Å²) in [6.45, 7) is 4.41. The van der Waals surface area contributed by atoms with E-state index >= 15 is 0 Å². The van der Waals surface area contributed by atoms with Gasteiger partial charge in [0.2, 0.25) is 0 Å². The van der Waals surface area contributed by atoms with Gasteiger partial charge >= 0.3 is 0 Å². The molecule has 0 atom stereocenters. The second-order valence-corrected chi connectivity index (χ2v) is 4.85. The molecule has 0 aromatic heterocycles. The maximum absolute atomic E-state index is 11.7. The van der Waals surface area contributed by atoms with E-state index < -0.39 is 0 Å². The molecule has 0 bridgehead atoms.